The van der Waals surface area contributed by atoms with Gasteiger partial charge in [0.25, 0.3) is 0 Å². The second-order valence-corrected chi connectivity index (χ2v) is 6.09. The molecule has 0 saturated heterocycles. The van der Waals surface area contributed by atoms with Gasteiger partial charge in [0.15, 0.2) is 5.82 Å². The van der Waals surface area contributed by atoms with Gasteiger partial charge in [0, 0.05) is 6.42 Å². The Morgan fingerprint density at radius 3 is 2.96 bits per heavy atom. The van der Waals surface area contributed by atoms with Gasteiger partial charge in [-0.25, -0.2) is 4.68 Å². The lowest BCUT2D eigenvalue weighted by atomic mass is 10.1. The summed E-state index contributed by atoms with van der Waals surface area (Å²) in [6.07, 6.45) is 2.71. The second-order valence-electron chi connectivity index (χ2n) is 6.09. The molecule has 1 atom stereocenters. The van der Waals surface area contributed by atoms with E-state index in [-0.39, 0.29) is 18.2 Å². The number of aromatic nitrogens is 3. The lowest BCUT2D eigenvalue weighted by Crippen LogP contribution is -2.36. The molecule has 0 spiro atoms. The number of hydrogen-bond acceptors (Lipinski definition) is 5. The summed E-state index contributed by atoms with van der Waals surface area (Å²) in [5.41, 5.74) is 0.568. The van der Waals surface area contributed by atoms with Crippen LogP contribution in [0.25, 0.3) is 0 Å². The monoisotopic (exact) mass is 357 g/mol. The molecule has 3 rings (SSSR count). The van der Waals surface area contributed by atoms with Gasteiger partial charge in [-0.1, -0.05) is 25.5 Å². The fraction of sp³-hybridized carbons (Fsp3) is 0.444. The van der Waals surface area contributed by atoms with Crippen molar-refractivity contribution in [3.8, 4) is 5.75 Å². The van der Waals surface area contributed by atoms with E-state index in [2.05, 4.69) is 27.6 Å². The van der Waals surface area contributed by atoms with Crippen molar-refractivity contribution >= 4 is 23.5 Å². The van der Waals surface area contributed by atoms with Gasteiger partial charge in [-0.05, 0) is 25.5 Å². The van der Waals surface area contributed by atoms with Gasteiger partial charge < -0.3 is 10.1 Å². The molecule has 0 bridgehead atoms. The highest BCUT2D eigenvalue weighted by atomic mass is 16.5. The molecule has 1 aromatic carbocycles. The van der Waals surface area contributed by atoms with Crippen LogP contribution in [0.3, 0.4) is 0 Å². The van der Waals surface area contributed by atoms with Crippen molar-refractivity contribution < 1.29 is 14.3 Å². The number of amides is 2. The molecule has 2 aromatic rings. The van der Waals surface area contributed by atoms with Crippen LogP contribution < -0.4 is 15.4 Å². The molecule has 1 aliphatic heterocycles. The molecule has 2 heterocycles. The molecule has 0 radical (unpaired) electrons. The SMILES string of the molecule is CCCCc1nc2n(n1)[C@@H](C(=O)Nc1ccccc1OCC)CC(=O)N2. The molecular weight excluding hydrogens is 334 g/mol. The van der Waals surface area contributed by atoms with E-state index in [9.17, 15) is 9.59 Å². The van der Waals surface area contributed by atoms with E-state index in [1.54, 1.807) is 12.1 Å². The maximum atomic E-state index is 12.8. The van der Waals surface area contributed by atoms with E-state index in [0.717, 1.165) is 12.8 Å². The minimum absolute atomic E-state index is 0.0201. The standard InChI is InChI=1S/C18H23N5O3/c1-3-5-10-15-20-18-21-16(24)11-13(23(18)22-15)17(25)19-12-8-6-7-9-14(12)26-4-2/h6-9,13H,3-5,10-11H2,1-2H3,(H,19,25)(H,20,21,22,24)/t13-/m1/s1. The minimum atomic E-state index is -0.740. The Morgan fingerprint density at radius 2 is 2.19 bits per heavy atom. The van der Waals surface area contributed by atoms with E-state index in [1.165, 1.54) is 4.68 Å². The number of fused-ring (bicyclic) bond motifs is 1. The van der Waals surface area contributed by atoms with Crippen LogP contribution in [0.15, 0.2) is 24.3 Å². The van der Waals surface area contributed by atoms with Crippen molar-refractivity contribution in [1.82, 2.24) is 14.8 Å². The number of unbranched alkanes of at least 4 members (excludes halogenated alkanes) is 1. The Kier molecular flexibility index (Phi) is 5.50. The first-order chi connectivity index (χ1) is 12.6. The van der Waals surface area contributed by atoms with Gasteiger partial charge in [-0.2, -0.15) is 10.1 Å². The van der Waals surface area contributed by atoms with E-state index < -0.39 is 6.04 Å². The number of aryl methyl sites for hydroxylation is 1. The Bertz CT molecular complexity index is 802. The number of nitrogens with zero attached hydrogens (tertiary/aromatic N) is 3. The molecule has 0 fully saturated rings. The van der Waals surface area contributed by atoms with Crippen LogP contribution in [0.4, 0.5) is 11.6 Å². The number of ether oxygens (including phenoxy) is 1. The molecular formula is C18H23N5O3. The fourth-order valence-corrected chi connectivity index (χ4v) is 2.82. The highest BCUT2D eigenvalue weighted by Crippen LogP contribution is 2.28. The summed E-state index contributed by atoms with van der Waals surface area (Å²) < 4.78 is 7.04. The first-order valence-corrected chi connectivity index (χ1v) is 8.90. The van der Waals surface area contributed by atoms with Gasteiger partial charge in [0.05, 0.1) is 18.7 Å². The van der Waals surface area contributed by atoms with E-state index in [1.807, 2.05) is 19.1 Å². The normalized spacial score (nSPS) is 15.9. The van der Waals surface area contributed by atoms with Crippen molar-refractivity contribution in [3.05, 3.63) is 30.1 Å². The first-order valence-electron chi connectivity index (χ1n) is 8.90. The smallest absolute Gasteiger partial charge is 0.250 e. The van der Waals surface area contributed by atoms with Crippen LogP contribution in [0, 0.1) is 0 Å². The zero-order valence-electron chi connectivity index (χ0n) is 15.0. The number of nitrogens with one attached hydrogen (secondary N) is 2. The second kappa shape index (κ2) is 7.99. The number of rotatable bonds is 7. The maximum Gasteiger partial charge on any atom is 0.250 e. The minimum Gasteiger partial charge on any atom is -0.492 e. The van der Waals surface area contributed by atoms with Crippen molar-refractivity contribution in [3.63, 3.8) is 0 Å². The number of hydrogen-bond donors (Lipinski definition) is 2. The first kappa shape index (κ1) is 17.9. The molecule has 1 aromatic heterocycles. The third-order valence-electron chi connectivity index (χ3n) is 4.10. The molecule has 0 aliphatic carbocycles. The lowest BCUT2D eigenvalue weighted by molar-refractivity contribution is -0.125. The average Bonchev–Trinajstić information content (AvgIpc) is 3.03. The van der Waals surface area contributed by atoms with Crippen LogP contribution in [-0.4, -0.2) is 33.2 Å². The van der Waals surface area contributed by atoms with Crippen molar-refractivity contribution in [2.45, 2.75) is 45.6 Å². The highest BCUT2D eigenvalue weighted by molar-refractivity contribution is 6.01. The number of carbonyl (C=O) groups excluding carboxylic acids is 2. The summed E-state index contributed by atoms with van der Waals surface area (Å²) in [7, 11) is 0. The van der Waals surface area contributed by atoms with Crippen LogP contribution in [0.1, 0.15) is 45.0 Å². The molecule has 8 heteroatoms. The average molecular weight is 357 g/mol. The topological polar surface area (TPSA) is 98.1 Å². The zero-order valence-corrected chi connectivity index (χ0v) is 15.0. The molecule has 8 nitrogen and oxygen atoms in total. The number of anilines is 2. The van der Waals surface area contributed by atoms with Crippen molar-refractivity contribution in [1.29, 1.82) is 0 Å². The third-order valence-corrected chi connectivity index (χ3v) is 4.10. The lowest BCUT2D eigenvalue weighted by Gasteiger charge is -2.23. The number of carbonyl (C=O) groups is 2. The highest BCUT2D eigenvalue weighted by Gasteiger charge is 2.33. The Morgan fingerprint density at radius 1 is 1.38 bits per heavy atom. The predicted molar refractivity (Wildman–Crippen MR) is 97.2 cm³/mol. The van der Waals surface area contributed by atoms with Crippen LogP contribution >= 0.6 is 0 Å². The van der Waals surface area contributed by atoms with Crippen LogP contribution in [0.2, 0.25) is 0 Å². The van der Waals surface area contributed by atoms with Gasteiger partial charge in [0.2, 0.25) is 17.8 Å². The summed E-state index contributed by atoms with van der Waals surface area (Å²) in [5.74, 6) is 0.985. The van der Waals surface area contributed by atoms with Gasteiger partial charge in [0.1, 0.15) is 11.8 Å². The summed E-state index contributed by atoms with van der Waals surface area (Å²) in [4.78, 5) is 29.1. The Hall–Kier alpha value is -2.90. The van der Waals surface area contributed by atoms with Crippen LogP contribution in [-0.2, 0) is 16.0 Å². The van der Waals surface area contributed by atoms with Gasteiger partial charge in [-0.15, -0.1) is 0 Å². The molecule has 0 unspecified atom stereocenters. The molecule has 2 amide bonds. The van der Waals surface area contributed by atoms with Crippen LogP contribution in [0.5, 0.6) is 5.75 Å². The molecule has 0 saturated carbocycles. The third kappa shape index (κ3) is 3.84. The molecule has 138 valence electrons. The van der Waals surface area contributed by atoms with E-state index in [0.29, 0.717) is 36.2 Å². The largest absolute Gasteiger partial charge is 0.492 e. The fourth-order valence-electron chi connectivity index (χ4n) is 2.82. The predicted octanol–water partition coefficient (Wildman–Crippen LogP) is 2.54. The summed E-state index contributed by atoms with van der Waals surface area (Å²) in [6, 6.07) is 6.47. The summed E-state index contributed by atoms with van der Waals surface area (Å²) in [6.45, 7) is 4.46. The van der Waals surface area contributed by atoms with Gasteiger partial charge in [-0.3, -0.25) is 14.9 Å². The van der Waals surface area contributed by atoms with Crippen molar-refractivity contribution in [2.24, 2.45) is 0 Å². The summed E-state index contributed by atoms with van der Waals surface area (Å²) >= 11 is 0. The molecule has 1 aliphatic rings. The Balaban J connectivity index is 1.82. The molecule has 2 N–H and O–H groups in total. The van der Waals surface area contributed by atoms with Gasteiger partial charge >= 0.3 is 0 Å². The van der Waals surface area contributed by atoms with E-state index >= 15 is 0 Å². The Labute approximate surface area is 151 Å². The van der Waals surface area contributed by atoms with Crippen molar-refractivity contribution in [2.75, 3.05) is 17.2 Å². The maximum absolute atomic E-state index is 12.8. The molecule has 26 heavy (non-hydrogen) atoms. The van der Waals surface area contributed by atoms with E-state index in [4.69, 9.17) is 4.74 Å². The number of benzene rings is 1. The quantitative estimate of drug-likeness (QED) is 0.793. The number of para-hydroxylation sites is 2. The zero-order chi connectivity index (χ0) is 18.5. The summed E-state index contributed by atoms with van der Waals surface area (Å²) in [5, 5.41) is 9.95.